The second kappa shape index (κ2) is 6.55. The van der Waals surface area contributed by atoms with Crippen molar-refractivity contribution in [3.05, 3.63) is 23.8 Å². The molecule has 0 aliphatic carbocycles. The molecule has 0 fully saturated rings. The number of esters is 2. The summed E-state index contributed by atoms with van der Waals surface area (Å²) in [7, 11) is 1.34. The van der Waals surface area contributed by atoms with E-state index < -0.39 is 24.0 Å². The van der Waals surface area contributed by atoms with E-state index in [4.69, 9.17) is 19.3 Å². The van der Waals surface area contributed by atoms with Crippen LogP contribution in [0.15, 0.2) is 18.2 Å². The lowest BCUT2D eigenvalue weighted by Crippen LogP contribution is -2.18. The summed E-state index contributed by atoms with van der Waals surface area (Å²) in [6, 6.07) is 4.08. The largest absolute Gasteiger partial charge is 0.493 e. The first kappa shape index (κ1) is 15.5. The number of carboxylic acid groups (broad SMARTS) is 1. The van der Waals surface area contributed by atoms with Gasteiger partial charge in [-0.2, -0.15) is 0 Å². The fraction of sp³-hybridized carbons (Fsp3) is 0.308. The van der Waals surface area contributed by atoms with E-state index in [1.807, 2.05) is 0 Å². The monoisotopic (exact) mass is 282 g/mol. The van der Waals surface area contributed by atoms with Gasteiger partial charge in [-0.1, -0.05) is 6.07 Å². The highest BCUT2D eigenvalue weighted by Gasteiger charge is 2.24. The minimum Gasteiger partial charge on any atom is -0.493 e. The maximum Gasteiger partial charge on any atom is 0.349 e. The van der Waals surface area contributed by atoms with E-state index in [9.17, 15) is 14.4 Å². The van der Waals surface area contributed by atoms with Crippen LogP contribution < -0.4 is 9.47 Å². The summed E-state index contributed by atoms with van der Waals surface area (Å²) in [5.41, 5.74) is 0.195. The Hall–Kier alpha value is -2.57. The molecule has 1 aromatic rings. The van der Waals surface area contributed by atoms with Crippen LogP contribution in [0.5, 0.6) is 11.5 Å². The normalized spacial score (nSPS) is 11.3. The molecule has 108 valence electrons. The number of rotatable bonds is 5. The van der Waals surface area contributed by atoms with Crippen LogP contribution in [-0.4, -0.2) is 30.1 Å². The lowest BCUT2D eigenvalue weighted by Gasteiger charge is -2.15. The first-order valence-electron chi connectivity index (χ1n) is 5.61. The second-order valence-corrected chi connectivity index (χ2v) is 3.83. The maximum absolute atomic E-state index is 11.1. The number of methoxy groups -OCH3 is 1. The number of carbonyl (C=O) groups is 3. The van der Waals surface area contributed by atoms with Crippen LogP contribution in [0, 0.1) is 0 Å². The zero-order valence-corrected chi connectivity index (χ0v) is 11.2. The molecule has 0 bridgehead atoms. The van der Waals surface area contributed by atoms with Gasteiger partial charge in [0.2, 0.25) is 6.10 Å². The lowest BCUT2D eigenvalue weighted by atomic mass is 10.1. The molecule has 0 amide bonds. The molecule has 7 nitrogen and oxygen atoms in total. The Kier molecular flexibility index (Phi) is 5.08. The molecular weight excluding hydrogens is 268 g/mol. The molecule has 0 saturated heterocycles. The fourth-order valence-corrected chi connectivity index (χ4v) is 1.51. The van der Waals surface area contributed by atoms with E-state index in [1.165, 1.54) is 32.2 Å². The summed E-state index contributed by atoms with van der Waals surface area (Å²) >= 11 is 0. The highest BCUT2D eigenvalue weighted by molar-refractivity contribution is 5.79. The van der Waals surface area contributed by atoms with Crippen molar-refractivity contribution in [1.29, 1.82) is 0 Å². The van der Waals surface area contributed by atoms with E-state index in [0.29, 0.717) is 0 Å². The molecule has 0 aliphatic rings. The molecule has 1 rings (SSSR count). The van der Waals surface area contributed by atoms with E-state index in [1.54, 1.807) is 0 Å². The first-order valence-corrected chi connectivity index (χ1v) is 5.61. The molecule has 0 radical (unpaired) electrons. The van der Waals surface area contributed by atoms with Gasteiger partial charge in [0.05, 0.1) is 7.11 Å². The molecule has 1 aromatic carbocycles. The Morgan fingerprint density at radius 3 is 2.20 bits per heavy atom. The van der Waals surface area contributed by atoms with Gasteiger partial charge >= 0.3 is 17.9 Å². The highest BCUT2D eigenvalue weighted by Crippen LogP contribution is 2.31. The molecule has 0 unspecified atom stereocenters. The number of aliphatic carboxylic acids is 1. The number of hydrogen-bond acceptors (Lipinski definition) is 6. The van der Waals surface area contributed by atoms with Crippen molar-refractivity contribution in [2.24, 2.45) is 0 Å². The standard InChI is InChI=1S/C13H14O7/c1-7(14)19-10-5-4-9(6-11(10)18-3)12(13(16)17)20-8(2)15/h4-6,12H,1-3H3,(H,16,17)/t12-/m0/s1. The minimum atomic E-state index is -1.45. The van der Waals surface area contributed by atoms with Crippen LogP contribution in [-0.2, 0) is 19.1 Å². The molecule has 1 atom stereocenters. The smallest absolute Gasteiger partial charge is 0.349 e. The van der Waals surface area contributed by atoms with Crippen molar-refractivity contribution in [2.45, 2.75) is 20.0 Å². The van der Waals surface area contributed by atoms with Crippen molar-refractivity contribution >= 4 is 17.9 Å². The van der Waals surface area contributed by atoms with Crippen molar-refractivity contribution in [3.63, 3.8) is 0 Å². The summed E-state index contributed by atoms with van der Waals surface area (Å²) in [5.74, 6) is -2.26. The zero-order valence-electron chi connectivity index (χ0n) is 11.2. The topological polar surface area (TPSA) is 99.1 Å². The average molecular weight is 282 g/mol. The summed E-state index contributed by atoms with van der Waals surface area (Å²) in [6.45, 7) is 2.34. The third-order valence-electron chi connectivity index (χ3n) is 2.25. The third kappa shape index (κ3) is 3.98. The van der Waals surface area contributed by atoms with Gasteiger partial charge in [-0.3, -0.25) is 9.59 Å². The lowest BCUT2D eigenvalue weighted by molar-refractivity contribution is -0.163. The minimum absolute atomic E-state index is 0.149. The molecule has 0 aromatic heterocycles. The quantitative estimate of drug-likeness (QED) is 0.642. The van der Waals surface area contributed by atoms with Crippen molar-refractivity contribution in [3.8, 4) is 11.5 Å². The Balaban J connectivity index is 3.15. The van der Waals surface area contributed by atoms with Gasteiger partial charge in [0.15, 0.2) is 11.5 Å². The van der Waals surface area contributed by atoms with Crippen LogP contribution in [0.1, 0.15) is 25.5 Å². The van der Waals surface area contributed by atoms with Gasteiger partial charge in [-0.05, 0) is 12.1 Å². The van der Waals surface area contributed by atoms with Crippen LogP contribution in [0.25, 0.3) is 0 Å². The molecule has 7 heteroatoms. The number of ether oxygens (including phenoxy) is 3. The van der Waals surface area contributed by atoms with Crippen LogP contribution in [0.2, 0.25) is 0 Å². The predicted molar refractivity (Wildman–Crippen MR) is 66.4 cm³/mol. The van der Waals surface area contributed by atoms with Gasteiger partial charge in [-0.15, -0.1) is 0 Å². The predicted octanol–water partition coefficient (Wildman–Crippen LogP) is 1.31. The van der Waals surface area contributed by atoms with Crippen LogP contribution >= 0.6 is 0 Å². The number of carbonyl (C=O) groups excluding carboxylic acids is 2. The Morgan fingerprint density at radius 2 is 1.75 bits per heavy atom. The second-order valence-electron chi connectivity index (χ2n) is 3.83. The van der Waals surface area contributed by atoms with Gasteiger partial charge in [0.1, 0.15) is 0 Å². The van der Waals surface area contributed by atoms with Crippen molar-refractivity contribution < 1.29 is 33.7 Å². The van der Waals surface area contributed by atoms with Crippen LogP contribution in [0.3, 0.4) is 0 Å². The third-order valence-corrected chi connectivity index (χ3v) is 2.25. The molecule has 20 heavy (non-hydrogen) atoms. The Bertz CT molecular complexity index is 536. The summed E-state index contributed by atoms with van der Waals surface area (Å²) < 4.78 is 14.6. The van der Waals surface area contributed by atoms with E-state index in [-0.39, 0.29) is 17.1 Å². The molecule has 0 aliphatic heterocycles. The van der Waals surface area contributed by atoms with Gasteiger partial charge in [0.25, 0.3) is 0 Å². The van der Waals surface area contributed by atoms with Gasteiger partial charge < -0.3 is 19.3 Å². The van der Waals surface area contributed by atoms with Gasteiger partial charge in [0, 0.05) is 19.4 Å². The number of benzene rings is 1. The SMILES string of the molecule is COc1cc([C@H](OC(C)=O)C(=O)O)ccc1OC(C)=O. The Morgan fingerprint density at radius 1 is 1.10 bits per heavy atom. The Labute approximate surface area is 115 Å². The fourth-order valence-electron chi connectivity index (χ4n) is 1.51. The average Bonchev–Trinajstić information content (AvgIpc) is 2.35. The van der Waals surface area contributed by atoms with Crippen LogP contribution in [0.4, 0.5) is 0 Å². The molecule has 1 N–H and O–H groups in total. The van der Waals surface area contributed by atoms with Gasteiger partial charge in [-0.25, -0.2) is 4.79 Å². The summed E-state index contributed by atoms with van der Waals surface area (Å²) in [6.07, 6.45) is -1.45. The summed E-state index contributed by atoms with van der Waals surface area (Å²) in [5, 5.41) is 9.05. The maximum atomic E-state index is 11.1. The van der Waals surface area contributed by atoms with E-state index >= 15 is 0 Å². The molecule has 0 heterocycles. The number of hydrogen-bond donors (Lipinski definition) is 1. The summed E-state index contributed by atoms with van der Waals surface area (Å²) in [4.78, 5) is 32.9. The number of carboxylic acids is 1. The van der Waals surface area contributed by atoms with Crippen molar-refractivity contribution in [2.75, 3.05) is 7.11 Å². The van der Waals surface area contributed by atoms with Crippen molar-refractivity contribution in [1.82, 2.24) is 0 Å². The van der Waals surface area contributed by atoms with E-state index in [2.05, 4.69) is 0 Å². The highest BCUT2D eigenvalue weighted by atomic mass is 16.6. The van der Waals surface area contributed by atoms with E-state index in [0.717, 1.165) is 6.92 Å². The molecule has 0 spiro atoms. The molecular formula is C13H14O7. The zero-order chi connectivity index (χ0) is 15.3. The first-order chi connectivity index (χ1) is 9.35. The molecule has 0 saturated carbocycles.